The summed E-state index contributed by atoms with van der Waals surface area (Å²) in [6.07, 6.45) is 0.141. The Kier molecular flexibility index (Phi) is 8.87. The lowest BCUT2D eigenvalue weighted by atomic mass is 10.1. The third-order valence-corrected chi connectivity index (χ3v) is 5.47. The summed E-state index contributed by atoms with van der Waals surface area (Å²) in [4.78, 5) is 26.3. The summed E-state index contributed by atoms with van der Waals surface area (Å²) in [6, 6.07) is 25.5. The molecular formula is C26H26BrNO4. The number of hydrogen-bond donors (Lipinski definition) is 0. The maximum absolute atomic E-state index is 12.9. The van der Waals surface area contributed by atoms with Crippen molar-refractivity contribution in [3.63, 3.8) is 0 Å². The lowest BCUT2D eigenvalue weighted by Crippen LogP contribution is -2.36. The van der Waals surface area contributed by atoms with Crippen LogP contribution in [-0.4, -0.2) is 36.5 Å². The zero-order valence-electron chi connectivity index (χ0n) is 18.0. The van der Waals surface area contributed by atoms with Crippen molar-refractivity contribution in [2.45, 2.75) is 19.9 Å². The van der Waals surface area contributed by atoms with Crippen LogP contribution in [0.2, 0.25) is 0 Å². The Balaban J connectivity index is 1.65. The lowest BCUT2D eigenvalue weighted by Gasteiger charge is -2.23. The van der Waals surface area contributed by atoms with E-state index in [-0.39, 0.29) is 31.4 Å². The van der Waals surface area contributed by atoms with Crippen molar-refractivity contribution >= 4 is 27.8 Å². The minimum Gasteiger partial charge on any atom is -0.483 e. The van der Waals surface area contributed by atoms with Gasteiger partial charge in [-0.05, 0) is 51.7 Å². The topological polar surface area (TPSA) is 55.8 Å². The highest BCUT2D eigenvalue weighted by Crippen LogP contribution is 2.30. The predicted octanol–water partition coefficient (Wildman–Crippen LogP) is 5.48. The molecule has 0 atom stereocenters. The third kappa shape index (κ3) is 6.95. The zero-order valence-corrected chi connectivity index (χ0v) is 19.6. The highest BCUT2D eigenvalue weighted by molar-refractivity contribution is 9.10. The van der Waals surface area contributed by atoms with Gasteiger partial charge in [0.25, 0.3) is 5.91 Å². The van der Waals surface area contributed by atoms with Gasteiger partial charge in [0.1, 0.15) is 5.75 Å². The number of nitrogens with zero attached hydrogens (tertiary/aromatic N) is 1. The normalized spacial score (nSPS) is 10.4. The Morgan fingerprint density at radius 3 is 2.25 bits per heavy atom. The van der Waals surface area contributed by atoms with E-state index in [1.54, 1.807) is 11.8 Å². The molecule has 3 rings (SSSR count). The summed E-state index contributed by atoms with van der Waals surface area (Å²) in [7, 11) is 0. The summed E-state index contributed by atoms with van der Waals surface area (Å²) < 4.78 is 11.6. The minimum absolute atomic E-state index is 0.126. The van der Waals surface area contributed by atoms with Gasteiger partial charge in [-0.25, -0.2) is 0 Å². The molecule has 0 radical (unpaired) electrons. The van der Waals surface area contributed by atoms with E-state index in [2.05, 4.69) is 15.9 Å². The SMILES string of the molecule is CCOC(=O)CCN(Cc1ccccc1)C(=O)COc1ccc(-c2ccccc2)cc1Br. The summed E-state index contributed by atoms with van der Waals surface area (Å²) in [5.41, 5.74) is 3.14. The Hall–Kier alpha value is -3.12. The molecule has 0 N–H and O–H groups in total. The van der Waals surface area contributed by atoms with Crippen molar-refractivity contribution in [2.75, 3.05) is 19.8 Å². The van der Waals surface area contributed by atoms with E-state index in [0.29, 0.717) is 18.9 Å². The average molecular weight is 496 g/mol. The van der Waals surface area contributed by atoms with Gasteiger partial charge in [0, 0.05) is 13.1 Å². The largest absolute Gasteiger partial charge is 0.483 e. The Bertz CT molecular complexity index is 1020. The number of carbonyl (C=O) groups is 2. The van der Waals surface area contributed by atoms with Gasteiger partial charge in [-0.2, -0.15) is 0 Å². The Morgan fingerprint density at radius 2 is 1.59 bits per heavy atom. The average Bonchev–Trinajstić information content (AvgIpc) is 2.82. The molecule has 6 heteroatoms. The zero-order chi connectivity index (χ0) is 22.8. The van der Waals surface area contributed by atoms with E-state index in [9.17, 15) is 9.59 Å². The van der Waals surface area contributed by atoms with E-state index < -0.39 is 0 Å². The summed E-state index contributed by atoms with van der Waals surface area (Å²) in [6.45, 7) is 2.63. The van der Waals surface area contributed by atoms with Crippen LogP contribution in [0.5, 0.6) is 5.75 Å². The smallest absolute Gasteiger partial charge is 0.307 e. The fourth-order valence-electron chi connectivity index (χ4n) is 3.21. The second-order valence-electron chi connectivity index (χ2n) is 7.16. The van der Waals surface area contributed by atoms with Gasteiger partial charge in [-0.3, -0.25) is 9.59 Å². The van der Waals surface area contributed by atoms with Crippen LogP contribution < -0.4 is 4.74 Å². The van der Waals surface area contributed by atoms with Crippen molar-refractivity contribution in [1.29, 1.82) is 0 Å². The number of hydrogen-bond acceptors (Lipinski definition) is 4. The molecule has 5 nitrogen and oxygen atoms in total. The predicted molar refractivity (Wildman–Crippen MR) is 128 cm³/mol. The number of halogens is 1. The number of benzene rings is 3. The van der Waals surface area contributed by atoms with Crippen LogP contribution >= 0.6 is 15.9 Å². The maximum Gasteiger partial charge on any atom is 0.307 e. The van der Waals surface area contributed by atoms with Crippen LogP contribution in [0.1, 0.15) is 18.9 Å². The fourth-order valence-corrected chi connectivity index (χ4v) is 3.71. The monoisotopic (exact) mass is 495 g/mol. The summed E-state index contributed by atoms with van der Waals surface area (Å²) in [5.74, 6) is 0.0683. The molecule has 1 amide bonds. The third-order valence-electron chi connectivity index (χ3n) is 4.85. The molecule has 0 heterocycles. The van der Waals surface area contributed by atoms with Gasteiger partial charge in [0.05, 0.1) is 17.5 Å². The van der Waals surface area contributed by atoms with Gasteiger partial charge >= 0.3 is 5.97 Å². The van der Waals surface area contributed by atoms with Crippen LogP contribution in [-0.2, 0) is 20.9 Å². The molecule has 0 aliphatic heterocycles. The first-order valence-electron chi connectivity index (χ1n) is 10.5. The molecule has 0 unspecified atom stereocenters. The highest BCUT2D eigenvalue weighted by atomic mass is 79.9. The van der Waals surface area contributed by atoms with Crippen LogP contribution in [0.4, 0.5) is 0 Å². The first-order valence-corrected chi connectivity index (χ1v) is 11.3. The van der Waals surface area contributed by atoms with Crippen molar-refractivity contribution in [3.05, 3.63) is 88.9 Å². The molecule has 0 spiro atoms. The van der Waals surface area contributed by atoms with E-state index in [1.165, 1.54) is 0 Å². The molecule has 166 valence electrons. The van der Waals surface area contributed by atoms with Crippen LogP contribution in [0.15, 0.2) is 83.3 Å². The van der Waals surface area contributed by atoms with Gasteiger partial charge in [0.2, 0.25) is 0 Å². The van der Waals surface area contributed by atoms with Crippen molar-refractivity contribution < 1.29 is 19.1 Å². The Labute approximate surface area is 197 Å². The van der Waals surface area contributed by atoms with Crippen LogP contribution in [0, 0.1) is 0 Å². The van der Waals surface area contributed by atoms with Crippen molar-refractivity contribution in [2.24, 2.45) is 0 Å². The summed E-state index contributed by atoms with van der Waals surface area (Å²) >= 11 is 3.54. The molecule has 0 aliphatic carbocycles. The molecule has 32 heavy (non-hydrogen) atoms. The van der Waals surface area contributed by atoms with Crippen molar-refractivity contribution in [3.8, 4) is 16.9 Å². The first-order chi connectivity index (χ1) is 15.6. The van der Waals surface area contributed by atoms with Gasteiger partial charge in [-0.1, -0.05) is 66.7 Å². The van der Waals surface area contributed by atoms with Crippen LogP contribution in [0.25, 0.3) is 11.1 Å². The molecule has 3 aromatic carbocycles. The van der Waals surface area contributed by atoms with E-state index in [4.69, 9.17) is 9.47 Å². The number of ether oxygens (including phenoxy) is 2. The quantitative estimate of drug-likeness (QED) is 0.349. The number of esters is 1. The number of carbonyl (C=O) groups excluding carboxylic acids is 2. The molecular weight excluding hydrogens is 470 g/mol. The lowest BCUT2D eigenvalue weighted by molar-refractivity contribution is -0.144. The molecule has 0 saturated heterocycles. The van der Waals surface area contributed by atoms with Crippen LogP contribution in [0.3, 0.4) is 0 Å². The van der Waals surface area contributed by atoms with E-state index in [1.807, 2.05) is 78.9 Å². The van der Waals surface area contributed by atoms with Gasteiger partial charge in [0.15, 0.2) is 6.61 Å². The number of amides is 1. The molecule has 0 aliphatic rings. The van der Waals surface area contributed by atoms with Gasteiger partial charge in [-0.15, -0.1) is 0 Å². The second-order valence-corrected chi connectivity index (χ2v) is 8.01. The standard InChI is InChI=1S/C26H26BrNO4/c1-2-31-26(30)15-16-28(18-20-9-5-3-6-10-20)25(29)19-32-24-14-13-22(17-23(24)27)21-11-7-4-8-12-21/h3-14,17H,2,15-16,18-19H2,1H3. The second kappa shape index (κ2) is 12.1. The molecule has 0 aromatic heterocycles. The highest BCUT2D eigenvalue weighted by Gasteiger charge is 2.17. The Morgan fingerprint density at radius 1 is 0.906 bits per heavy atom. The molecule has 0 saturated carbocycles. The van der Waals surface area contributed by atoms with E-state index >= 15 is 0 Å². The van der Waals surface area contributed by atoms with Crippen molar-refractivity contribution in [1.82, 2.24) is 4.90 Å². The fraction of sp³-hybridized carbons (Fsp3) is 0.231. The van der Waals surface area contributed by atoms with Gasteiger partial charge < -0.3 is 14.4 Å². The number of rotatable bonds is 10. The van der Waals surface area contributed by atoms with E-state index in [0.717, 1.165) is 21.2 Å². The molecule has 0 bridgehead atoms. The maximum atomic E-state index is 12.9. The molecule has 0 fully saturated rings. The molecule has 3 aromatic rings. The minimum atomic E-state index is -0.321. The summed E-state index contributed by atoms with van der Waals surface area (Å²) in [5, 5.41) is 0. The first kappa shape index (κ1) is 23.5.